The molecule has 3 fully saturated rings. The van der Waals surface area contributed by atoms with Gasteiger partial charge < -0.3 is 29.7 Å². The maximum atomic E-state index is 14.8. The van der Waals surface area contributed by atoms with Crippen LogP contribution in [-0.4, -0.2) is 90.3 Å². The first kappa shape index (κ1) is 40.6. The lowest BCUT2D eigenvalue weighted by molar-refractivity contribution is -0.142. The number of ether oxygens (including phenoxy) is 3. The van der Waals surface area contributed by atoms with E-state index in [1.54, 1.807) is 39.0 Å². The number of carbonyl (C=O) groups is 4. The average Bonchev–Trinajstić information content (AvgIpc) is 4.04. The third-order valence-corrected chi connectivity index (χ3v) is 13.1. The summed E-state index contributed by atoms with van der Waals surface area (Å²) in [6, 6.07) is 3.04. The van der Waals surface area contributed by atoms with Crippen LogP contribution in [0.5, 0.6) is 11.6 Å². The van der Waals surface area contributed by atoms with Gasteiger partial charge in [0.05, 0.1) is 30.1 Å². The lowest BCUT2D eigenvalue weighted by Gasteiger charge is -2.32. The molecule has 2 aliphatic carbocycles. The summed E-state index contributed by atoms with van der Waals surface area (Å²) in [7, 11) is -2.41. The van der Waals surface area contributed by atoms with Crippen LogP contribution < -0.4 is 24.8 Å². The summed E-state index contributed by atoms with van der Waals surface area (Å²) in [4.78, 5) is 62.2. The number of benzene rings is 1. The lowest BCUT2D eigenvalue weighted by atomic mass is 9.90. The molecule has 4 amide bonds. The third kappa shape index (κ3) is 8.98. The fourth-order valence-electron chi connectivity index (χ4n) is 7.61. The number of carbonyl (C=O) groups excluding carboxylic acids is 4. The van der Waals surface area contributed by atoms with Gasteiger partial charge in [-0.15, -0.1) is 0 Å². The normalized spacial score (nSPS) is 29.5. The van der Waals surface area contributed by atoms with Crippen molar-refractivity contribution in [2.45, 2.75) is 121 Å². The third-order valence-electron chi connectivity index (χ3n) is 11.0. The van der Waals surface area contributed by atoms with Crippen LogP contribution in [0.4, 0.5) is 4.79 Å². The van der Waals surface area contributed by atoms with Crippen LogP contribution in [-0.2, 0) is 29.1 Å². The van der Waals surface area contributed by atoms with E-state index in [4.69, 9.17) is 25.8 Å². The van der Waals surface area contributed by atoms with Crippen LogP contribution in [0.2, 0.25) is 5.02 Å². The van der Waals surface area contributed by atoms with Crippen molar-refractivity contribution in [3.05, 3.63) is 41.6 Å². The SMILES string of the molecule is CCC1/C=C\[C@@H]2C[C@@]2(C(=O)NS(=O)(=O)C2CC2)NC(=O)[C@@H]2C[C@@H](Oc3ncc(OC)c4c(Cl)cccc34)CN2C(=O)[C@@H](NC(=O)OC(C)(C)C)[C@H](C)CCC1. The quantitative estimate of drug-likeness (QED) is 0.307. The number of pyridine rings is 1. The highest BCUT2D eigenvalue weighted by atomic mass is 35.5. The minimum atomic E-state index is -3.92. The Balaban J connectivity index is 1.36. The van der Waals surface area contributed by atoms with Crippen LogP contribution >= 0.6 is 11.6 Å². The van der Waals surface area contributed by atoms with Gasteiger partial charge in [-0.3, -0.25) is 19.1 Å². The number of allylic oxidation sites excluding steroid dienone is 1. The molecule has 0 spiro atoms. The van der Waals surface area contributed by atoms with E-state index in [2.05, 4.69) is 27.3 Å². The molecule has 7 atom stereocenters. The number of methoxy groups -OCH3 is 1. The molecule has 14 nitrogen and oxygen atoms in total. The van der Waals surface area contributed by atoms with Crippen LogP contribution in [0.3, 0.4) is 0 Å². The Labute approximate surface area is 327 Å². The molecule has 0 bridgehead atoms. The molecule has 3 heterocycles. The number of rotatable bonds is 8. The lowest BCUT2D eigenvalue weighted by Crippen LogP contribution is -2.59. The summed E-state index contributed by atoms with van der Waals surface area (Å²) >= 11 is 6.55. The molecular formula is C39H52ClN5O9S. The first-order chi connectivity index (χ1) is 26.0. The summed E-state index contributed by atoms with van der Waals surface area (Å²) in [6.45, 7) is 9.08. The molecule has 1 unspecified atom stereocenters. The van der Waals surface area contributed by atoms with Gasteiger partial charge in [-0.05, 0) is 83.3 Å². The standard InChI is InChI=1S/C39H52ClN5O9S/c1-7-23-11-8-10-22(2)32(42-37(49)54-38(3,4)5)35(47)45-21-25(53-34-27-12-9-13-28(40)31(27)30(52-6)20-41-34)18-29(45)33(46)43-39(19-24(39)15-14-23)36(48)44-55(50,51)26-16-17-26/h9,12-15,20,22-26,29,32H,7-8,10-11,16-19,21H2,1-6H3,(H,42,49)(H,43,46)(H,44,48)/b15-14-/t22-,23?,24-,25-,29+,32+,39-/m1/s1. The number of halogens is 1. The van der Waals surface area contributed by atoms with E-state index in [0.29, 0.717) is 40.8 Å². The molecule has 0 radical (unpaired) electrons. The summed E-state index contributed by atoms with van der Waals surface area (Å²) in [5, 5.41) is 6.63. The Morgan fingerprint density at radius 3 is 2.55 bits per heavy atom. The predicted molar refractivity (Wildman–Crippen MR) is 206 cm³/mol. The van der Waals surface area contributed by atoms with Gasteiger partial charge in [-0.2, -0.15) is 0 Å². The van der Waals surface area contributed by atoms with E-state index in [-0.39, 0.29) is 37.1 Å². The van der Waals surface area contributed by atoms with Crippen LogP contribution in [0.15, 0.2) is 36.5 Å². The Hall–Kier alpha value is -4.11. The molecule has 1 aromatic carbocycles. The maximum absolute atomic E-state index is 14.8. The number of nitrogens with zero attached hydrogens (tertiary/aromatic N) is 2. The molecule has 2 saturated carbocycles. The second-order valence-corrected chi connectivity index (χ2v) is 18.7. The largest absolute Gasteiger partial charge is 0.494 e. The number of hydrogen-bond acceptors (Lipinski definition) is 10. The molecule has 6 rings (SSSR count). The highest BCUT2D eigenvalue weighted by Gasteiger charge is 2.62. The molecule has 55 heavy (non-hydrogen) atoms. The predicted octanol–water partition coefficient (Wildman–Crippen LogP) is 5.02. The number of amides is 4. The van der Waals surface area contributed by atoms with Crippen LogP contribution in [0.1, 0.15) is 86.0 Å². The Bertz CT molecular complexity index is 1970. The fraction of sp³-hybridized carbons (Fsp3) is 0.615. The van der Waals surface area contributed by atoms with E-state index < -0.39 is 74.3 Å². The van der Waals surface area contributed by atoms with Crippen LogP contribution in [0.25, 0.3) is 10.8 Å². The van der Waals surface area contributed by atoms with Crippen molar-refractivity contribution in [2.24, 2.45) is 17.8 Å². The first-order valence-corrected chi connectivity index (χ1v) is 21.0. The van der Waals surface area contributed by atoms with Crippen molar-refractivity contribution in [2.75, 3.05) is 13.7 Å². The number of alkyl carbamates (subject to hydrolysis) is 1. The molecular weight excluding hydrogens is 750 g/mol. The number of aromatic nitrogens is 1. The van der Waals surface area contributed by atoms with Crippen molar-refractivity contribution in [3.63, 3.8) is 0 Å². The van der Waals surface area contributed by atoms with Gasteiger partial charge in [0.2, 0.25) is 27.7 Å². The Kier molecular flexibility index (Phi) is 11.6. The first-order valence-electron chi connectivity index (χ1n) is 19.1. The van der Waals surface area contributed by atoms with Gasteiger partial charge >= 0.3 is 6.09 Å². The average molecular weight is 802 g/mol. The minimum Gasteiger partial charge on any atom is -0.494 e. The van der Waals surface area contributed by atoms with E-state index in [1.807, 2.05) is 19.1 Å². The number of nitrogens with one attached hydrogen (secondary N) is 3. The second kappa shape index (κ2) is 15.8. The topological polar surface area (TPSA) is 182 Å². The molecule has 2 aliphatic heterocycles. The molecule has 16 heteroatoms. The zero-order chi connectivity index (χ0) is 39.9. The van der Waals surface area contributed by atoms with E-state index in [0.717, 1.165) is 19.3 Å². The highest BCUT2D eigenvalue weighted by Crippen LogP contribution is 2.46. The molecule has 1 aromatic heterocycles. The van der Waals surface area contributed by atoms with E-state index in [9.17, 15) is 27.6 Å². The molecule has 2 aromatic rings. The molecule has 4 aliphatic rings. The van der Waals surface area contributed by atoms with E-state index in [1.165, 1.54) is 18.2 Å². The van der Waals surface area contributed by atoms with E-state index >= 15 is 0 Å². The highest BCUT2D eigenvalue weighted by molar-refractivity contribution is 7.91. The van der Waals surface area contributed by atoms with Gasteiger partial charge in [-0.1, -0.05) is 50.1 Å². The molecule has 300 valence electrons. The van der Waals surface area contributed by atoms with Crippen molar-refractivity contribution >= 4 is 56.2 Å². The summed E-state index contributed by atoms with van der Waals surface area (Å²) in [5.74, 6) is -1.95. The van der Waals surface area contributed by atoms with Crippen molar-refractivity contribution in [1.82, 2.24) is 25.2 Å². The maximum Gasteiger partial charge on any atom is 0.408 e. The summed E-state index contributed by atoms with van der Waals surface area (Å²) in [5.41, 5.74) is -2.36. The summed E-state index contributed by atoms with van der Waals surface area (Å²) in [6.07, 6.45) is 7.99. The zero-order valence-electron chi connectivity index (χ0n) is 32.2. The fourth-order valence-corrected chi connectivity index (χ4v) is 9.24. The van der Waals surface area contributed by atoms with Gasteiger partial charge in [0.25, 0.3) is 5.91 Å². The number of sulfonamides is 1. The minimum absolute atomic E-state index is 0.0113. The Morgan fingerprint density at radius 2 is 1.87 bits per heavy atom. The van der Waals surface area contributed by atoms with Crippen LogP contribution in [0, 0.1) is 17.8 Å². The van der Waals surface area contributed by atoms with Gasteiger partial charge in [0.15, 0.2) is 0 Å². The number of hydrogen-bond donors (Lipinski definition) is 3. The zero-order valence-corrected chi connectivity index (χ0v) is 33.8. The van der Waals surface area contributed by atoms with Gasteiger partial charge in [-0.25, -0.2) is 18.2 Å². The van der Waals surface area contributed by atoms with Crippen molar-refractivity contribution < 1.29 is 41.8 Å². The second-order valence-electron chi connectivity index (χ2n) is 16.3. The van der Waals surface area contributed by atoms with Crippen molar-refractivity contribution in [3.8, 4) is 11.6 Å². The van der Waals surface area contributed by atoms with Crippen molar-refractivity contribution in [1.29, 1.82) is 0 Å². The number of fused-ring (bicyclic) bond motifs is 3. The molecule has 1 saturated heterocycles. The molecule has 3 N–H and O–H groups in total. The summed E-state index contributed by atoms with van der Waals surface area (Å²) < 4.78 is 45.6. The van der Waals surface area contributed by atoms with Gasteiger partial charge in [0, 0.05) is 23.1 Å². The monoisotopic (exact) mass is 801 g/mol. The van der Waals surface area contributed by atoms with Gasteiger partial charge in [0.1, 0.15) is 35.1 Å². The smallest absolute Gasteiger partial charge is 0.408 e. The Morgan fingerprint density at radius 1 is 1.13 bits per heavy atom.